The van der Waals surface area contributed by atoms with Crippen molar-refractivity contribution < 1.29 is 4.39 Å². The van der Waals surface area contributed by atoms with Crippen LogP contribution in [0.2, 0.25) is 10.0 Å². The second-order valence-corrected chi connectivity index (χ2v) is 4.45. The normalized spacial score (nSPS) is 10.6. The molecule has 2 aromatic carbocycles. The predicted molar refractivity (Wildman–Crippen MR) is 69.7 cm³/mol. The van der Waals surface area contributed by atoms with Gasteiger partial charge in [-0.3, -0.25) is 0 Å². The quantitative estimate of drug-likeness (QED) is 0.866. The molecule has 0 aliphatic heterocycles. The van der Waals surface area contributed by atoms with Crippen molar-refractivity contribution in [3.8, 4) is 11.1 Å². The lowest BCUT2D eigenvalue weighted by Gasteiger charge is -2.06. The first-order valence-corrected chi connectivity index (χ1v) is 5.81. The molecule has 17 heavy (non-hydrogen) atoms. The summed E-state index contributed by atoms with van der Waals surface area (Å²) in [5.41, 5.74) is 7.47. The second-order valence-electron chi connectivity index (χ2n) is 3.64. The monoisotopic (exact) mass is 269 g/mol. The van der Waals surface area contributed by atoms with Gasteiger partial charge in [0.2, 0.25) is 0 Å². The minimum Gasteiger partial charge on any atom is -0.326 e. The molecule has 0 aromatic heterocycles. The van der Waals surface area contributed by atoms with Crippen LogP contribution in [0.3, 0.4) is 0 Å². The Morgan fingerprint density at radius 1 is 0.941 bits per heavy atom. The van der Waals surface area contributed by atoms with Crippen molar-refractivity contribution in [1.29, 1.82) is 0 Å². The van der Waals surface area contributed by atoms with Gasteiger partial charge in [-0.1, -0.05) is 41.4 Å². The second kappa shape index (κ2) is 5.05. The summed E-state index contributed by atoms with van der Waals surface area (Å²) in [6.07, 6.45) is 0. The zero-order valence-electron chi connectivity index (χ0n) is 8.88. The van der Waals surface area contributed by atoms with Gasteiger partial charge in [-0.15, -0.1) is 0 Å². The maximum Gasteiger partial charge on any atom is 0.128 e. The SMILES string of the molecule is NCc1ccc(-c2ccc(Cl)c(Cl)c2)cc1F. The van der Waals surface area contributed by atoms with Crippen LogP contribution in [0.25, 0.3) is 11.1 Å². The first-order chi connectivity index (χ1) is 8.11. The maximum absolute atomic E-state index is 13.6. The lowest BCUT2D eigenvalue weighted by molar-refractivity contribution is 0.611. The molecule has 0 radical (unpaired) electrons. The largest absolute Gasteiger partial charge is 0.326 e. The van der Waals surface area contributed by atoms with E-state index in [1.165, 1.54) is 6.07 Å². The molecule has 0 heterocycles. The van der Waals surface area contributed by atoms with Crippen LogP contribution in [-0.4, -0.2) is 0 Å². The van der Waals surface area contributed by atoms with Crippen LogP contribution in [-0.2, 0) is 6.54 Å². The molecule has 0 spiro atoms. The van der Waals surface area contributed by atoms with E-state index in [-0.39, 0.29) is 12.4 Å². The van der Waals surface area contributed by atoms with Crippen LogP contribution < -0.4 is 5.73 Å². The van der Waals surface area contributed by atoms with E-state index >= 15 is 0 Å². The van der Waals surface area contributed by atoms with Crippen LogP contribution in [0, 0.1) is 5.82 Å². The minimum absolute atomic E-state index is 0.188. The Hall–Kier alpha value is -1.09. The summed E-state index contributed by atoms with van der Waals surface area (Å²) in [6.45, 7) is 0.188. The number of halogens is 3. The molecule has 0 atom stereocenters. The molecular weight excluding hydrogens is 260 g/mol. The fraction of sp³-hybridized carbons (Fsp3) is 0.0769. The van der Waals surface area contributed by atoms with E-state index in [2.05, 4.69) is 0 Å². The van der Waals surface area contributed by atoms with Gasteiger partial charge in [0.25, 0.3) is 0 Å². The molecular formula is C13H10Cl2FN. The van der Waals surface area contributed by atoms with Gasteiger partial charge in [-0.05, 0) is 29.3 Å². The van der Waals surface area contributed by atoms with E-state index in [9.17, 15) is 4.39 Å². The van der Waals surface area contributed by atoms with Gasteiger partial charge >= 0.3 is 0 Å². The standard InChI is InChI=1S/C13H10Cl2FN/c14-11-4-3-8(5-12(11)15)9-1-2-10(7-17)13(16)6-9/h1-6H,7,17H2. The smallest absolute Gasteiger partial charge is 0.128 e. The molecule has 4 heteroatoms. The van der Waals surface area contributed by atoms with Crippen molar-refractivity contribution in [1.82, 2.24) is 0 Å². The van der Waals surface area contributed by atoms with Crippen LogP contribution in [0.1, 0.15) is 5.56 Å². The Kier molecular flexibility index (Phi) is 3.67. The average molecular weight is 270 g/mol. The molecule has 2 aromatic rings. The van der Waals surface area contributed by atoms with Gasteiger partial charge in [0, 0.05) is 12.1 Å². The number of hydrogen-bond acceptors (Lipinski definition) is 1. The van der Waals surface area contributed by atoms with E-state index in [4.69, 9.17) is 28.9 Å². The highest BCUT2D eigenvalue weighted by Crippen LogP contribution is 2.29. The molecule has 0 saturated carbocycles. The highest BCUT2D eigenvalue weighted by atomic mass is 35.5. The Bertz CT molecular complexity index is 555. The van der Waals surface area contributed by atoms with Crippen LogP contribution in [0.4, 0.5) is 4.39 Å². The van der Waals surface area contributed by atoms with Gasteiger partial charge in [0.15, 0.2) is 0 Å². The third-order valence-electron chi connectivity index (χ3n) is 2.53. The summed E-state index contributed by atoms with van der Waals surface area (Å²) in [5, 5.41) is 0.932. The third kappa shape index (κ3) is 2.60. The minimum atomic E-state index is -0.309. The molecule has 0 bridgehead atoms. The summed E-state index contributed by atoms with van der Waals surface area (Å²) in [5.74, 6) is -0.309. The van der Waals surface area contributed by atoms with Crippen molar-refractivity contribution >= 4 is 23.2 Å². The summed E-state index contributed by atoms with van der Waals surface area (Å²) < 4.78 is 13.6. The predicted octanol–water partition coefficient (Wildman–Crippen LogP) is 4.26. The highest BCUT2D eigenvalue weighted by Gasteiger charge is 2.05. The lowest BCUT2D eigenvalue weighted by atomic mass is 10.0. The van der Waals surface area contributed by atoms with E-state index in [1.54, 1.807) is 24.3 Å². The molecule has 0 aliphatic rings. The molecule has 1 nitrogen and oxygen atoms in total. The Balaban J connectivity index is 2.46. The van der Waals surface area contributed by atoms with Crippen LogP contribution in [0.5, 0.6) is 0 Å². The van der Waals surface area contributed by atoms with Gasteiger partial charge in [-0.25, -0.2) is 4.39 Å². The number of hydrogen-bond donors (Lipinski definition) is 1. The lowest BCUT2D eigenvalue weighted by Crippen LogP contribution is -1.99. The van der Waals surface area contributed by atoms with E-state index in [0.717, 1.165) is 11.1 Å². The van der Waals surface area contributed by atoms with Gasteiger partial charge in [-0.2, -0.15) is 0 Å². The van der Waals surface area contributed by atoms with Crippen molar-refractivity contribution in [2.45, 2.75) is 6.54 Å². The summed E-state index contributed by atoms with van der Waals surface area (Å²) >= 11 is 11.7. The fourth-order valence-corrected chi connectivity index (χ4v) is 1.87. The Labute approximate surface area is 109 Å². The first kappa shape index (κ1) is 12.4. The van der Waals surface area contributed by atoms with E-state index in [0.29, 0.717) is 15.6 Å². The topological polar surface area (TPSA) is 26.0 Å². The Morgan fingerprint density at radius 3 is 2.18 bits per heavy atom. The summed E-state index contributed by atoms with van der Waals surface area (Å²) in [7, 11) is 0. The zero-order valence-corrected chi connectivity index (χ0v) is 10.4. The molecule has 88 valence electrons. The van der Waals surface area contributed by atoms with Gasteiger partial charge in [0.05, 0.1) is 10.0 Å². The number of rotatable bonds is 2. The van der Waals surface area contributed by atoms with Crippen molar-refractivity contribution in [2.24, 2.45) is 5.73 Å². The number of benzene rings is 2. The van der Waals surface area contributed by atoms with Gasteiger partial charge in [0.1, 0.15) is 5.82 Å². The average Bonchev–Trinajstić information content (AvgIpc) is 2.32. The highest BCUT2D eigenvalue weighted by molar-refractivity contribution is 6.42. The molecule has 0 unspecified atom stereocenters. The van der Waals surface area contributed by atoms with Crippen molar-refractivity contribution in [3.63, 3.8) is 0 Å². The van der Waals surface area contributed by atoms with Gasteiger partial charge < -0.3 is 5.73 Å². The van der Waals surface area contributed by atoms with E-state index < -0.39 is 0 Å². The summed E-state index contributed by atoms with van der Waals surface area (Å²) in [4.78, 5) is 0. The molecule has 0 amide bonds. The van der Waals surface area contributed by atoms with Crippen molar-refractivity contribution in [2.75, 3.05) is 0 Å². The van der Waals surface area contributed by atoms with Crippen molar-refractivity contribution in [3.05, 3.63) is 57.8 Å². The fourth-order valence-electron chi connectivity index (χ4n) is 1.57. The molecule has 0 aliphatic carbocycles. The number of nitrogens with two attached hydrogens (primary N) is 1. The summed E-state index contributed by atoms with van der Waals surface area (Å²) in [6, 6.07) is 10.1. The Morgan fingerprint density at radius 2 is 1.59 bits per heavy atom. The molecule has 2 N–H and O–H groups in total. The molecule has 2 rings (SSSR count). The van der Waals surface area contributed by atoms with E-state index in [1.807, 2.05) is 6.07 Å². The van der Waals surface area contributed by atoms with Crippen LogP contribution in [0.15, 0.2) is 36.4 Å². The van der Waals surface area contributed by atoms with Crippen LogP contribution >= 0.6 is 23.2 Å². The molecule has 0 fully saturated rings. The molecule has 0 saturated heterocycles. The maximum atomic E-state index is 13.6. The zero-order chi connectivity index (χ0) is 12.4. The first-order valence-electron chi connectivity index (χ1n) is 5.05. The third-order valence-corrected chi connectivity index (χ3v) is 3.26.